The molecule has 19 atom stereocenters. The van der Waals surface area contributed by atoms with Gasteiger partial charge in [-0.25, -0.2) is 9.59 Å². The van der Waals surface area contributed by atoms with Crippen LogP contribution in [0.4, 0.5) is 0 Å². The van der Waals surface area contributed by atoms with E-state index in [0.717, 1.165) is 6.92 Å². The third kappa shape index (κ3) is 8.13. The lowest BCUT2D eigenvalue weighted by molar-refractivity contribution is -0.365. The van der Waals surface area contributed by atoms with E-state index in [-0.39, 0.29) is 0 Å². The Balaban J connectivity index is 1.54. The van der Waals surface area contributed by atoms with Crippen LogP contribution in [-0.4, -0.2) is 215 Å². The quantitative estimate of drug-likeness (QED) is 0.0890. The van der Waals surface area contributed by atoms with Crippen LogP contribution >= 0.6 is 0 Å². The Morgan fingerprint density at radius 1 is 0.531 bits per heavy atom. The molecule has 0 aliphatic carbocycles. The van der Waals surface area contributed by atoms with Crippen molar-refractivity contribution in [3.8, 4) is 0 Å². The van der Waals surface area contributed by atoms with Crippen LogP contribution in [0, 0.1) is 0 Å². The highest BCUT2D eigenvalue weighted by Gasteiger charge is 2.57. The van der Waals surface area contributed by atoms with Crippen LogP contribution in [0.3, 0.4) is 0 Å². The minimum Gasteiger partial charge on any atom is -0.479 e. The van der Waals surface area contributed by atoms with Gasteiger partial charge in [-0.05, 0) is 0 Å². The number of hydrogen-bond acceptors (Lipinski definition) is 20. The number of aliphatic hydroxyl groups excluding tert-OH is 10. The lowest BCUT2D eigenvalue weighted by Crippen LogP contribution is -2.69. The lowest BCUT2D eigenvalue weighted by Gasteiger charge is -2.49. The highest BCUT2D eigenvalue weighted by atomic mass is 16.8. The molecule has 0 aromatic heterocycles. The van der Waals surface area contributed by atoms with Gasteiger partial charge in [0.15, 0.2) is 31.1 Å². The minimum absolute atomic E-state index is 0.687. The summed E-state index contributed by atoms with van der Waals surface area (Å²) in [6.45, 7) is -1.43. The fourth-order valence-corrected chi connectivity index (χ4v) is 5.95. The molecule has 23 heteroatoms. The monoisotopic (exact) mass is 719 g/mol. The van der Waals surface area contributed by atoms with Crippen molar-refractivity contribution in [1.29, 1.82) is 0 Å². The molecule has 0 radical (unpaired) electrons. The van der Waals surface area contributed by atoms with Gasteiger partial charge < -0.3 is 99.8 Å². The summed E-state index contributed by atoms with van der Waals surface area (Å²) in [5.41, 5.74) is 0. The van der Waals surface area contributed by atoms with E-state index < -0.39 is 154 Å². The molecule has 49 heavy (non-hydrogen) atoms. The summed E-state index contributed by atoms with van der Waals surface area (Å²) in [6.07, 6.45) is -33.9. The first-order valence-corrected chi connectivity index (χ1v) is 15.0. The predicted octanol–water partition coefficient (Wildman–Crippen LogP) is -8.74. The molecule has 0 aromatic carbocycles. The largest absolute Gasteiger partial charge is 0.479 e. The molecular weight excluding hydrogens is 678 g/mol. The van der Waals surface area contributed by atoms with Gasteiger partial charge in [-0.15, -0.1) is 0 Å². The maximum atomic E-state index is 12.3. The van der Waals surface area contributed by atoms with Gasteiger partial charge in [0.25, 0.3) is 0 Å². The number of rotatable bonds is 12. The number of carbonyl (C=O) groups excluding carboxylic acids is 1. The summed E-state index contributed by atoms with van der Waals surface area (Å²) in [6, 6.07) is -1.74. The van der Waals surface area contributed by atoms with Crippen LogP contribution in [0.25, 0.3) is 0 Å². The van der Waals surface area contributed by atoms with Gasteiger partial charge >= 0.3 is 11.9 Å². The molecular formula is C26H41NO22. The topological polar surface area (TPSA) is 371 Å². The molecule has 0 aromatic rings. The molecule has 0 spiro atoms. The van der Waals surface area contributed by atoms with E-state index in [0.29, 0.717) is 0 Å². The normalized spacial score (nSPS) is 47.4. The number of carbonyl (C=O) groups is 3. The molecule has 4 fully saturated rings. The molecule has 0 bridgehead atoms. The van der Waals surface area contributed by atoms with Crippen LogP contribution < -0.4 is 5.32 Å². The van der Waals surface area contributed by atoms with Crippen molar-refractivity contribution in [1.82, 2.24) is 5.32 Å². The van der Waals surface area contributed by atoms with E-state index in [2.05, 4.69) is 5.32 Å². The van der Waals surface area contributed by atoms with Crippen LogP contribution in [0.1, 0.15) is 6.92 Å². The number of carboxylic acid groups (broad SMARTS) is 2. The molecule has 4 rings (SSSR count). The maximum Gasteiger partial charge on any atom is 0.335 e. The second-order valence-electron chi connectivity index (χ2n) is 11.8. The smallest absolute Gasteiger partial charge is 0.335 e. The van der Waals surface area contributed by atoms with E-state index >= 15 is 0 Å². The van der Waals surface area contributed by atoms with Crippen LogP contribution in [0.5, 0.6) is 0 Å². The molecule has 1 amide bonds. The lowest BCUT2D eigenvalue weighted by atomic mass is 9.94. The number of hydrogen-bond donors (Lipinski definition) is 13. The number of ether oxygens (including phenoxy) is 7. The van der Waals surface area contributed by atoms with E-state index in [1.54, 1.807) is 0 Å². The predicted molar refractivity (Wildman–Crippen MR) is 145 cm³/mol. The first-order valence-electron chi connectivity index (χ1n) is 15.0. The van der Waals surface area contributed by atoms with E-state index in [9.17, 15) is 75.7 Å². The molecule has 0 saturated carbocycles. The summed E-state index contributed by atoms with van der Waals surface area (Å²) < 4.78 is 37.9. The van der Waals surface area contributed by atoms with Crippen molar-refractivity contribution in [2.24, 2.45) is 0 Å². The molecule has 13 N–H and O–H groups in total. The van der Waals surface area contributed by atoms with E-state index in [1.165, 1.54) is 0 Å². The second kappa shape index (κ2) is 16.4. The molecule has 0 unspecified atom stereocenters. The van der Waals surface area contributed by atoms with Crippen molar-refractivity contribution < 1.29 is 109 Å². The highest BCUT2D eigenvalue weighted by molar-refractivity contribution is 5.74. The third-order valence-corrected chi connectivity index (χ3v) is 8.49. The summed E-state index contributed by atoms with van der Waals surface area (Å²) in [5.74, 6) is -4.37. The Kier molecular flexibility index (Phi) is 13.2. The Morgan fingerprint density at radius 2 is 1.00 bits per heavy atom. The summed E-state index contributed by atoms with van der Waals surface area (Å²) in [7, 11) is 0. The average molecular weight is 720 g/mol. The Bertz CT molecular complexity index is 1150. The van der Waals surface area contributed by atoms with Crippen molar-refractivity contribution in [2.75, 3.05) is 19.8 Å². The van der Waals surface area contributed by atoms with Crippen molar-refractivity contribution in [3.63, 3.8) is 0 Å². The zero-order valence-electron chi connectivity index (χ0n) is 25.5. The van der Waals surface area contributed by atoms with Crippen molar-refractivity contribution in [2.45, 2.75) is 123 Å². The van der Waals surface area contributed by atoms with Gasteiger partial charge in [-0.2, -0.15) is 0 Å². The first kappa shape index (κ1) is 39.5. The van der Waals surface area contributed by atoms with E-state index in [1.807, 2.05) is 0 Å². The molecule has 4 aliphatic rings. The van der Waals surface area contributed by atoms with Crippen molar-refractivity contribution in [3.05, 3.63) is 0 Å². The van der Waals surface area contributed by atoms with Gasteiger partial charge in [0.2, 0.25) is 5.91 Å². The summed E-state index contributed by atoms with van der Waals surface area (Å²) in [4.78, 5) is 35.9. The van der Waals surface area contributed by atoms with Crippen molar-refractivity contribution >= 4 is 17.8 Å². The molecule has 4 saturated heterocycles. The van der Waals surface area contributed by atoms with Gasteiger partial charge in [-0.1, -0.05) is 0 Å². The highest BCUT2D eigenvalue weighted by Crippen LogP contribution is 2.34. The molecule has 282 valence electrons. The average Bonchev–Trinajstić information content (AvgIpc) is 3.36. The Labute approximate surface area is 275 Å². The fourth-order valence-electron chi connectivity index (χ4n) is 5.95. The number of aliphatic hydroxyl groups is 10. The van der Waals surface area contributed by atoms with Crippen LogP contribution in [0.2, 0.25) is 0 Å². The van der Waals surface area contributed by atoms with Gasteiger partial charge in [0.1, 0.15) is 85.4 Å². The molecule has 23 nitrogen and oxygen atoms in total. The van der Waals surface area contributed by atoms with E-state index in [4.69, 9.17) is 33.2 Å². The zero-order chi connectivity index (χ0) is 36.5. The SMILES string of the molecule is CC(=O)N[C@H]1[C@@H](O[C@H]2[C@H](O)[C@@H](O)[C@H](O[C@H]3[C@H](O)[C@@H](CO)O[C@@H]3CO)O[C@@H]2C(=O)O)O[C@H](CO)[C@@H](O[C@@H]2O[C@@H](C(=O)O)[C@@H](O)[C@H](O)[C@H]2O)[C@@H]1O. The zero-order valence-corrected chi connectivity index (χ0v) is 25.5. The van der Waals surface area contributed by atoms with Gasteiger partial charge in [0.05, 0.1) is 19.8 Å². The Hall–Kier alpha value is -2.27. The third-order valence-electron chi connectivity index (χ3n) is 8.49. The Morgan fingerprint density at radius 3 is 1.51 bits per heavy atom. The summed E-state index contributed by atoms with van der Waals surface area (Å²) in [5, 5.41) is 124. The maximum absolute atomic E-state index is 12.3. The second-order valence-corrected chi connectivity index (χ2v) is 11.8. The van der Waals surface area contributed by atoms with Gasteiger partial charge in [0, 0.05) is 6.92 Å². The van der Waals surface area contributed by atoms with Crippen LogP contribution in [-0.2, 0) is 47.5 Å². The first-order chi connectivity index (χ1) is 23.1. The number of aliphatic carboxylic acids is 2. The molecule has 4 heterocycles. The minimum atomic E-state index is -2.19. The van der Waals surface area contributed by atoms with Crippen LogP contribution in [0.15, 0.2) is 0 Å². The van der Waals surface area contributed by atoms with Gasteiger partial charge in [-0.3, -0.25) is 4.79 Å². The number of carboxylic acids is 2. The number of amides is 1. The summed E-state index contributed by atoms with van der Waals surface area (Å²) >= 11 is 0. The number of nitrogens with one attached hydrogen (secondary N) is 1. The molecule has 4 aliphatic heterocycles. The fraction of sp³-hybridized carbons (Fsp3) is 0.885. The standard InChI is InChI=1S/C26H41NO22/c1-5(31)27-9-11(33)18(46-25-15(37)12(34)13(35)20(48-25)22(39)40)8(4-30)44-24(9)47-19-14(36)16(38)26(49-21(19)23(41)42)45-17-7(3-29)43-6(2-28)10(17)32/h6-21,24-26,28-30,32-38H,2-4H2,1H3,(H,27,31)(H,39,40)(H,41,42)/t6-,7-,8-,9-,10-,11-,12+,13+,14-,15-,16-,17-,18-,19+,20-,21+,24-,25-,26-/m1/s1.